The molecule has 2 aliphatic carbocycles. The van der Waals surface area contributed by atoms with Crippen molar-refractivity contribution in [3.63, 3.8) is 0 Å². The molecule has 0 bridgehead atoms. The minimum atomic E-state index is 0.426. The Morgan fingerprint density at radius 2 is 1.44 bits per heavy atom. The summed E-state index contributed by atoms with van der Waals surface area (Å²) in [5.74, 6) is 6.29. The van der Waals surface area contributed by atoms with Crippen LogP contribution in [0.15, 0.2) is 0 Å². The smallest absolute Gasteiger partial charge is 0.0211 e. The van der Waals surface area contributed by atoms with Gasteiger partial charge in [0.15, 0.2) is 0 Å². The van der Waals surface area contributed by atoms with Gasteiger partial charge in [0.25, 0.3) is 0 Å². The molecule has 0 aromatic heterocycles. The van der Waals surface area contributed by atoms with Gasteiger partial charge in [-0.25, -0.2) is 0 Å². The number of hydrazine groups is 1. The minimum absolute atomic E-state index is 0.426. The third-order valence-electron chi connectivity index (χ3n) is 3.90. The first kappa shape index (κ1) is 13.9. The number of hydrogen-bond acceptors (Lipinski definition) is 3. The van der Waals surface area contributed by atoms with Crippen LogP contribution < -0.4 is 17.0 Å². The molecular weight excluding hydrogens is 198 g/mol. The van der Waals surface area contributed by atoms with Crippen LogP contribution in [0.3, 0.4) is 0 Å². The summed E-state index contributed by atoms with van der Waals surface area (Å²) in [6.07, 6.45) is 12.0. The zero-order valence-electron chi connectivity index (χ0n) is 10.8. The predicted molar refractivity (Wildman–Crippen MR) is 69.8 cm³/mol. The van der Waals surface area contributed by atoms with Crippen LogP contribution in [0.4, 0.5) is 0 Å². The average molecular weight is 227 g/mol. The van der Waals surface area contributed by atoms with E-state index in [0.29, 0.717) is 12.1 Å². The first-order valence-electron chi connectivity index (χ1n) is 6.94. The van der Waals surface area contributed by atoms with Crippen molar-refractivity contribution in [3.8, 4) is 0 Å². The van der Waals surface area contributed by atoms with E-state index in [1.807, 2.05) is 0 Å². The number of nitrogens with one attached hydrogen (secondary N) is 1. The topological polar surface area (TPSA) is 64.1 Å². The van der Waals surface area contributed by atoms with E-state index in [1.54, 1.807) is 0 Å². The summed E-state index contributed by atoms with van der Waals surface area (Å²) in [6.45, 7) is 2.36. The predicted octanol–water partition coefficient (Wildman–Crippen LogP) is 2.31. The van der Waals surface area contributed by atoms with Crippen molar-refractivity contribution in [2.24, 2.45) is 17.5 Å². The van der Waals surface area contributed by atoms with Crippen molar-refractivity contribution in [1.82, 2.24) is 5.43 Å². The highest BCUT2D eigenvalue weighted by atomic mass is 15.2. The van der Waals surface area contributed by atoms with E-state index < -0.39 is 0 Å². The molecule has 16 heavy (non-hydrogen) atoms. The molecule has 0 unspecified atom stereocenters. The molecule has 3 nitrogen and oxygen atoms in total. The zero-order chi connectivity index (χ0) is 11.8. The van der Waals surface area contributed by atoms with Crippen molar-refractivity contribution in [2.75, 3.05) is 0 Å². The van der Waals surface area contributed by atoms with Crippen LogP contribution in [-0.2, 0) is 0 Å². The van der Waals surface area contributed by atoms with Gasteiger partial charge in [0.05, 0.1) is 0 Å². The second-order valence-electron chi connectivity index (χ2n) is 5.52. The third-order valence-corrected chi connectivity index (χ3v) is 3.90. The van der Waals surface area contributed by atoms with Gasteiger partial charge in [-0.3, -0.25) is 11.3 Å². The monoisotopic (exact) mass is 227 g/mol. The Labute approximate surface area is 100 Å². The molecule has 2 rings (SSSR count). The SMILES string of the molecule is CC1CCCCC1.NNC1CCC(N)CC1. The lowest BCUT2D eigenvalue weighted by molar-refractivity contribution is 0.347. The van der Waals surface area contributed by atoms with E-state index in [1.165, 1.54) is 32.1 Å². The highest BCUT2D eigenvalue weighted by Crippen LogP contribution is 2.22. The quantitative estimate of drug-likeness (QED) is 0.476. The molecule has 3 heteroatoms. The van der Waals surface area contributed by atoms with Gasteiger partial charge in [-0.05, 0) is 31.6 Å². The fraction of sp³-hybridized carbons (Fsp3) is 1.00. The van der Waals surface area contributed by atoms with E-state index in [-0.39, 0.29) is 0 Å². The van der Waals surface area contributed by atoms with Gasteiger partial charge in [0, 0.05) is 12.1 Å². The van der Waals surface area contributed by atoms with Gasteiger partial charge in [-0.2, -0.15) is 0 Å². The maximum atomic E-state index is 5.68. The van der Waals surface area contributed by atoms with Crippen molar-refractivity contribution in [2.45, 2.75) is 76.8 Å². The molecule has 0 radical (unpaired) electrons. The summed E-state index contributed by atoms with van der Waals surface area (Å²) in [4.78, 5) is 0. The van der Waals surface area contributed by atoms with Gasteiger partial charge in [0.2, 0.25) is 0 Å². The number of nitrogens with two attached hydrogens (primary N) is 2. The van der Waals surface area contributed by atoms with Gasteiger partial charge >= 0.3 is 0 Å². The fourth-order valence-corrected chi connectivity index (χ4v) is 2.59. The second-order valence-corrected chi connectivity index (χ2v) is 5.52. The highest BCUT2D eigenvalue weighted by Gasteiger charge is 2.16. The Kier molecular flexibility index (Phi) is 7.01. The van der Waals surface area contributed by atoms with Gasteiger partial charge in [0.1, 0.15) is 0 Å². The van der Waals surface area contributed by atoms with Crippen LogP contribution in [0, 0.1) is 5.92 Å². The first-order valence-corrected chi connectivity index (χ1v) is 6.94. The molecule has 0 amide bonds. The molecule has 2 saturated carbocycles. The molecule has 0 aromatic rings. The number of hydrogen-bond donors (Lipinski definition) is 3. The molecule has 0 spiro atoms. The standard InChI is InChI=1S/C7H14.C6H15N3/c1-7-5-3-2-4-6-7;7-5-1-3-6(9-8)4-2-5/h7H,2-6H2,1H3;5-6,9H,1-4,7-8H2. The Morgan fingerprint density at radius 3 is 1.81 bits per heavy atom. The van der Waals surface area contributed by atoms with E-state index >= 15 is 0 Å². The molecule has 96 valence electrons. The largest absolute Gasteiger partial charge is 0.328 e. The maximum absolute atomic E-state index is 5.68. The summed E-state index contributed by atoms with van der Waals surface area (Å²) in [7, 11) is 0. The van der Waals surface area contributed by atoms with Crippen molar-refractivity contribution in [3.05, 3.63) is 0 Å². The third kappa shape index (κ3) is 5.83. The first-order chi connectivity index (χ1) is 7.72. The van der Waals surface area contributed by atoms with Crippen LogP contribution in [0.25, 0.3) is 0 Å². The summed E-state index contributed by atoms with van der Waals surface area (Å²) < 4.78 is 0. The lowest BCUT2D eigenvalue weighted by Gasteiger charge is -2.24. The average Bonchev–Trinajstić information content (AvgIpc) is 2.32. The van der Waals surface area contributed by atoms with Crippen molar-refractivity contribution in [1.29, 1.82) is 0 Å². The Balaban J connectivity index is 0.000000165. The van der Waals surface area contributed by atoms with E-state index in [9.17, 15) is 0 Å². The van der Waals surface area contributed by atoms with E-state index in [2.05, 4.69) is 12.3 Å². The molecule has 2 aliphatic rings. The van der Waals surface area contributed by atoms with Crippen molar-refractivity contribution < 1.29 is 0 Å². The molecule has 0 aliphatic heterocycles. The summed E-state index contributed by atoms with van der Waals surface area (Å²) in [5.41, 5.74) is 8.45. The molecule has 2 fully saturated rings. The fourth-order valence-electron chi connectivity index (χ4n) is 2.59. The number of rotatable bonds is 1. The van der Waals surface area contributed by atoms with Crippen LogP contribution >= 0.6 is 0 Å². The Hall–Kier alpha value is -0.120. The van der Waals surface area contributed by atoms with E-state index in [0.717, 1.165) is 31.6 Å². The lowest BCUT2D eigenvalue weighted by atomic mass is 9.91. The van der Waals surface area contributed by atoms with Gasteiger partial charge in [-0.15, -0.1) is 0 Å². The Morgan fingerprint density at radius 1 is 0.875 bits per heavy atom. The van der Waals surface area contributed by atoms with Crippen LogP contribution in [-0.4, -0.2) is 12.1 Å². The zero-order valence-corrected chi connectivity index (χ0v) is 10.8. The summed E-state index contributed by atoms with van der Waals surface area (Å²) in [6, 6.07) is 0.944. The van der Waals surface area contributed by atoms with Crippen molar-refractivity contribution >= 4 is 0 Å². The van der Waals surface area contributed by atoms with Crippen LogP contribution in [0.5, 0.6) is 0 Å². The molecule has 5 N–H and O–H groups in total. The maximum Gasteiger partial charge on any atom is 0.0211 e. The highest BCUT2D eigenvalue weighted by molar-refractivity contribution is 4.76. The van der Waals surface area contributed by atoms with Crippen LogP contribution in [0.1, 0.15) is 64.7 Å². The van der Waals surface area contributed by atoms with Gasteiger partial charge < -0.3 is 5.73 Å². The molecular formula is C13H29N3. The minimum Gasteiger partial charge on any atom is -0.328 e. The second kappa shape index (κ2) is 8.04. The van der Waals surface area contributed by atoms with E-state index in [4.69, 9.17) is 11.6 Å². The Bertz CT molecular complexity index is 159. The normalized spacial score (nSPS) is 31.7. The molecule has 0 heterocycles. The molecule has 0 saturated heterocycles. The summed E-state index contributed by atoms with van der Waals surface area (Å²) >= 11 is 0. The van der Waals surface area contributed by atoms with Crippen LogP contribution in [0.2, 0.25) is 0 Å². The van der Waals surface area contributed by atoms with Gasteiger partial charge in [-0.1, -0.05) is 39.0 Å². The lowest BCUT2D eigenvalue weighted by Crippen LogP contribution is -2.40. The molecule has 0 atom stereocenters. The molecule has 0 aromatic carbocycles. The summed E-state index contributed by atoms with van der Waals surface area (Å²) in [5, 5.41) is 0.